The number of pyridine rings is 1. The van der Waals surface area contributed by atoms with Crippen molar-refractivity contribution >= 4 is 50.2 Å². The summed E-state index contributed by atoms with van der Waals surface area (Å²) >= 11 is 9.84. The molecule has 2 saturated heterocycles. The number of benzene rings is 1. The van der Waals surface area contributed by atoms with E-state index in [1.165, 1.54) is 6.42 Å². The molecule has 2 aromatic rings. The molecule has 0 atom stereocenters. The van der Waals surface area contributed by atoms with Crippen LogP contribution < -0.4 is 4.90 Å². The van der Waals surface area contributed by atoms with Crippen LogP contribution in [0.5, 0.6) is 0 Å². The first-order chi connectivity index (χ1) is 12.6. The number of piperidine rings is 2. The molecule has 0 bridgehead atoms. The Hall–Kier alpha value is -1.33. The zero-order valence-electron chi connectivity index (χ0n) is 14.8. The van der Waals surface area contributed by atoms with E-state index in [1.807, 2.05) is 12.1 Å². The van der Waals surface area contributed by atoms with Gasteiger partial charge in [0.2, 0.25) is 5.91 Å². The summed E-state index contributed by atoms with van der Waals surface area (Å²) in [4.78, 5) is 21.8. The molecule has 2 fully saturated rings. The van der Waals surface area contributed by atoms with Crippen LogP contribution in [0, 0.1) is 5.92 Å². The standard InChI is InChI=1S/C20H23BrClN3O/c21-16-12-15-4-5-18(23-19(15)17(22)13-16)24-10-6-14(7-11-24)20(26)25-8-2-1-3-9-25/h4-5,12-14H,1-3,6-11H2. The number of carbonyl (C=O) groups excluding carboxylic acids is 1. The summed E-state index contributed by atoms with van der Waals surface area (Å²) in [6, 6.07) is 8.03. The fourth-order valence-corrected chi connectivity index (χ4v) is 4.93. The molecule has 6 heteroatoms. The summed E-state index contributed by atoms with van der Waals surface area (Å²) in [5, 5.41) is 1.69. The highest BCUT2D eigenvalue weighted by atomic mass is 79.9. The zero-order valence-corrected chi connectivity index (χ0v) is 17.1. The summed E-state index contributed by atoms with van der Waals surface area (Å²) in [5.41, 5.74) is 0.832. The highest BCUT2D eigenvalue weighted by Crippen LogP contribution is 2.30. The van der Waals surface area contributed by atoms with E-state index in [9.17, 15) is 4.79 Å². The van der Waals surface area contributed by atoms with Gasteiger partial charge in [-0.1, -0.05) is 27.5 Å². The van der Waals surface area contributed by atoms with Gasteiger partial charge >= 0.3 is 0 Å². The molecular formula is C20H23BrClN3O. The van der Waals surface area contributed by atoms with Crippen LogP contribution >= 0.6 is 27.5 Å². The molecule has 4 nitrogen and oxygen atoms in total. The van der Waals surface area contributed by atoms with E-state index < -0.39 is 0 Å². The van der Waals surface area contributed by atoms with Crippen molar-refractivity contribution in [1.82, 2.24) is 9.88 Å². The maximum atomic E-state index is 12.7. The normalized spacial score (nSPS) is 19.2. The third-order valence-electron chi connectivity index (χ3n) is 5.53. The fourth-order valence-electron chi connectivity index (χ4n) is 4.05. The number of hydrogen-bond acceptors (Lipinski definition) is 3. The van der Waals surface area contributed by atoms with Crippen molar-refractivity contribution in [3.8, 4) is 0 Å². The van der Waals surface area contributed by atoms with Crippen LogP contribution in [-0.2, 0) is 4.79 Å². The molecule has 26 heavy (non-hydrogen) atoms. The van der Waals surface area contributed by atoms with Crippen LogP contribution in [0.4, 0.5) is 5.82 Å². The van der Waals surface area contributed by atoms with Crippen molar-refractivity contribution in [2.75, 3.05) is 31.1 Å². The molecule has 0 saturated carbocycles. The monoisotopic (exact) mass is 435 g/mol. The summed E-state index contributed by atoms with van der Waals surface area (Å²) in [7, 11) is 0. The highest BCUT2D eigenvalue weighted by Gasteiger charge is 2.29. The molecule has 1 amide bonds. The van der Waals surface area contributed by atoms with Gasteiger partial charge in [-0.3, -0.25) is 4.79 Å². The lowest BCUT2D eigenvalue weighted by atomic mass is 9.94. The molecular weight excluding hydrogens is 414 g/mol. The topological polar surface area (TPSA) is 36.4 Å². The lowest BCUT2D eigenvalue weighted by Crippen LogP contribution is -2.44. The van der Waals surface area contributed by atoms with Gasteiger partial charge in [0, 0.05) is 42.0 Å². The summed E-state index contributed by atoms with van der Waals surface area (Å²) < 4.78 is 0.960. The number of anilines is 1. The molecule has 0 aliphatic carbocycles. The first-order valence-corrected chi connectivity index (χ1v) is 10.6. The number of likely N-dealkylation sites (tertiary alicyclic amines) is 1. The van der Waals surface area contributed by atoms with Crippen molar-refractivity contribution in [1.29, 1.82) is 0 Å². The third kappa shape index (κ3) is 3.70. The Morgan fingerprint density at radius 2 is 1.81 bits per heavy atom. The van der Waals surface area contributed by atoms with Crippen molar-refractivity contribution in [3.63, 3.8) is 0 Å². The second-order valence-electron chi connectivity index (χ2n) is 7.28. The van der Waals surface area contributed by atoms with Gasteiger partial charge in [0.1, 0.15) is 5.82 Å². The average molecular weight is 437 g/mol. The smallest absolute Gasteiger partial charge is 0.225 e. The lowest BCUT2D eigenvalue weighted by Gasteiger charge is -2.36. The average Bonchev–Trinajstić information content (AvgIpc) is 2.68. The van der Waals surface area contributed by atoms with Gasteiger partial charge in [-0.2, -0.15) is 0 Å². The van der Waals surface area contributed by atoms with Gasteiger partial charge in [0.05, 0.1) is 10.5 Å². The van der Waals surface area contributed by atoms with E-state index in [0.717, 1.165) is 73.1 Å². The molecule has 0 unspecified atom stereocenters. The number of halogens is 2. The molecule has 1 aromatic carbocycles. The maximum absolute atomic E-state index is 12.7. The minimum atomic E-state index is 0.171. The van der Waals surface area contributed by atoms with Crippen LogP contribution in [0.3, 0.4) is 0 Å². The Labute approximate surface area is 167 Å². The molecule has 2 aliphatic rings. The summed E-state index contributed by atoms with van der Waals surface area (Å²) in [6.45, 7) is 3.63. The predicted octanol–water partition coefficient (Wildman–Crippen LogP) is 4.88. The second-order valence-corrected chi connectivity index (χ2v) is 8.60. The molecule has 0 spiro atoms. The minimum absolute atomic E-state index is 0.171. The van der Waals surface area contributed by atoms with Crippen LogP contribution in [0.15, 0.2) is 28.7 Å². The van der Waals surface area contributed by atoms with E-state index in [1.54, 1.807) is 0 Å². The van der Waals surface area contributed by atoms with Gasteiger partial charge in [-0.25, -0.2) is 4.98 Å². The first kappa shape index (κ1) is 18.1. The minimum Gasteiger partial charge on any atom is -0.357 e. The zero-order chi connectivity index (χ0) is 18.1. The fraction of sp³-hybridized carbons (Fsp3) is 0.500. The van der Waals surface area contributed by atoms with E-state index >= 15 is 0 Å². The molecule has 0 N–H and O–H groups in total. The SMILES string of the molecule is O=C(C1CCN(c2ccc3cc(Br)cc(Cl)c3n2)CC1)N1CCCCC1. The largest absolute Gasteiger partial charge is 0.357 e. The van der Waals surface area contributed by atoms with Crippen molar-refractivity contribution in [2.24, 2.45) is 5.92 Å². The Morgan fingerprint density at radius 1 is 1.08 bits per heavy atom. The maximum Gasteiger partial charge on any atom is 0.225 e. The van der Waals surface area contributed by atoms with Gasteiger partial charge < -0.3 is 9.80 Å². The Bertz CT molecular complexity index is 814. The summed E-state index contributed by atoms with van der Waals surface area (Å²) in [5.74, 6) is 1.48. The van der Waals surface area contributed by atoms with Crippen LogP contribution in [-0.4, -0.2) is 42.0 Å². The number of amides is 1. The molecule has 4 rings (SSSR count). The number of carbonyl (C=O) groups is 1. The van der Waals surface area contributed by atoms with Crippen molar-refractivity contribution < 1.29 is 4.79 Å². The van der Waals surface area contributed by atoms with Crippen LogP contribution in [0.2, 0.25) is 5.02 Å². The highest BCUT2D eigenvalue weighted by molar-refractivity contribution is 9.10. The van der Waals surface area contributed by atoms with E-state index in [4.69, 9.17) is 16.6 Å². The van der Waals surface area contributed by atoms with Gasteiger partial charge in [-0.15, -0.1) is 0 Å². The number of fused-ring (bicyclic) bond motifs is 1. The quantitative estimate of drug-likeness (QED) is 0.673. The van der Waals surface area contributed by atoms with Gasteiger partial charge in [-0.05, 0) is 56.4 Å². The number of hydrogen-bond donors (Lipinski definition) is 0. The third-order valence-corrected chi connectivity index (χ3v) is 6.28. The molecule has 0 radical (unpaired) electrons. The first-order valence-electron chi connectivity index (χ1n) is 9.41. The number of rotatable bonds is 2. The van der Waals surface area contributed by atoms with E-state index in [0.29, 0.717) is 10.9 Å². The Balaban J connectivity index is 1.44. The van der Waals surface area contributed by atoms with Gasteiger partial charge in [0.15, 0.2) is 0 Å². The lowest BCUT2D eigenvalue weighted by molar-refractivity contribution is -0.137. The van der Waals surface area contributed by atoms with Crippen LogP contribution in [0.25, 0.3) is 10.9 Å². The van der Waals surface area contributed by atoms with E-state index in [2.05, 4.69) is 37.9 Å². The number of nitrogens with zero attached hydrogens (tertiary/aromatic N) is 3. The van der Waals surface area contributed by atoms with Gasteiger partial charge in [0.25, 0.3) is 0 Å². The molecule has 2 aliphatic heterocycles. The predicted molar refractivity (Wildman–Crippen MR) is 110 cm³/mol. The Morgan fingerprint density at radius 3 is 2.54 bits per heavy atom. The van der Waals surface area contributed by atoms with E-state index in [-0.39, 0.29) is 5.92 Å². The Kier molecular flexibility index (Phi) is 5.37. The van der Waals surface area contributed by atoms with Crippen molar-refractivity contribution in [2.45, 2.75) is 32.1 Å². The summed E-state index contributed by atoms with van der Waals surface area (Å²) in [6.07, 6.45) is 5.38. The molecule has 138 valence electrons. The van der Waals surface area contributed by atoms with Crippen LogP contribution in [0.1, 0.15) is 32.1 Å². The number of aromatic nitrogens is 1. The van der Waals surface area contributed by atoms with Crippen molar-refractivity contribution in [3.05, 3.63) is 33.8 Å². The molecule has 3 heterocycles. The second kappa shape index (κ2) is 7.73. The molecule has 1 aromatic heterocycles.